The van der Waals surface area contributed by atoms with Crippen molar-refractivity contribution in [2.45, 2.75) is 42.8 Å². The van der Waals surface area contributed by atoms with Gasteiger partial charge in [0, 0.05) is 17.1 Å². The Labute approximate surface area is 170 Å². The van der Waals surface area contributed by atoms with Crippen molar-refractivity contribution in [3.63, 3.8) is 0 Å². The van der Waals surface area contributed by atoms with Gasteiger partial charge in [-0.2, -0.15) is 13.2 Å². The van der Waals surface area contributed by atoms with Crippen LogP contribution in [0.1, 0.15) is 25.2 Å². The third kappa shape index (κ3) is 3.69. The number of nitrogens with zero attached hydrogens (tertiary/aromatic N) is 3. The van der Waals surface area contributed by atoms with Crippen LogP contribution in [0.2, 0.25) is 0 Å². The zero-order valence-corrected chi connectivity index (χ0v) is 16.6. The highest BCUT2D eigenvalue weighted by atomic mass is 32.2. The van der Waals surface area contributed by atoms with E-state index in [2.05, 4.69) is 9.97 Å². The first-order chi connectivity index (χ1) is 13.8. The van der Waals surface area contributed by atoms with Crippen LogP contribution in [0.3, 0.4) is 0 Å². The lowest BCUT2D eigenvalue weighted by Crippen LogP contribution is -2.40. The van der Waals surface area contributed by atoms with Crippen molar-refractivity contribution < 1.29 is 18.0 Å². The minimum atomic E-state index is -4.66. The number of aromatic nitrogens is 2. The molecule has 4 rings (SSSR count). The molecule has 2 atom stereocenters. The molecule has 1 aliphatic heterocycles. The van der Waals surface area contributed by atoms with Gasteiger partial charge < -0.3 is 4.90 Å². The summed E-state index contributed by atoms with van der Waals surface area (Å²) in [4.78, 5) is 22.3. The number of anilines is 1. The molecule has 29 heavy (non-hydrogen) atoms. The van der Waals surface area contributed by atoms with Gasteiger partial charge in [0.1, 0.15) is 5.03 Å². The monoisotopic (exact) mass is 417 g/mol. The number of amides is 1. The van der Waals surface area contributed by atoms with E-state index in [1.54, 1.807) is 30.0 Å². The predicted octanol–water partition coefficient (Wildman–Crippen LogP) is 5.11. The first kappa shape index (κ1) is 19.7. The summed E-state index contributed by atoms with van der Waals surface area (Å²) < 4.78 is 39.7. The van der Waals surface area contributed by atoms with E-state index in [-0.39, 0.29) is 22.5 Å². The third-order valence-corrected chi connectivity index (χ3v) is 5.99. The van der Waals surface area contributed by atoms with Crippen molar-refractivity contribution in [1.82, 2.24) is 9.97 Å². The van der Waals surface area contributed by atoms with Gasteiger partial charge in [0.2, 0.25) is 11.7 Å². The summed E-state index contributed by atoms with van der Waals surface area (Å²) in [6.45, 7) is 3.67. The van der Waals surface area contributed by atoms with E-state index in [0.29, 0.717) is 5.39 Å². The largest absolute Gasteiger partial charge is 0.451 e. The molecule has 0 bridgehead atoms. The number of hydrogen-bond donors (Lipinski definition) is 0. The fourth-order valence-electron chi connectivity index (χ4n) is 3.58. The lowest BCUT2D eigenvalue weighted by molar-refractivity contribution is -0.145. The smallest absolute Gasteiger partial charge is 0.308 e. The van der Waals surface area contributed by atoms with Crippen LogP contribution in [0.4, 0.5) is 18.9 Å². The van der Waals surface area contributed by atoms with Crippen molar-refractivity contribution in [1.29, 1.82) is 0 Å². The van der Waals surface area contributed by atoms with Gasteiger partial charge in [0.25, 0.3) is 0 Å². The predicted molar refractivity (Wildman–Crippen MR) is 107 cm³/mol. The summed E-state index contributed by atoms with van der Waals surface area (Å²) in [6.07, 6.45) is -3.90. The summed E-state index contributed by atoms with van der Waals surface area (Å²) in [7, 11) is 0. The Bertz CT molecular complexity index is 1090. The topological polar surface area (TPSA) is 46.1 Å². The molecule has 0 spiro atoms. The second-order valence-corrected chi connectivity index (χ2v) is 8.35. The minimum absolute atomic E-state index is 0.00386. The molecule has 4 nitrogen and oxygen atoms in total. The minimum Gasteiger partial charge on any atom is -0.308 e. The maximum Gasteiger partial charge on any atom is 0.451 e. The van der Waals surface area contributed by atoms with Crippen LogP contribution in [0.25, 0.3) is 10.9 Å². The summed E-state index contributed by atoms with van der Waals surface area (Å²) in [5, 5.41) is 0.0481. The van der Waals surface area contributed by atoms with Gasteiger partial charge in [-0.15, -0.1) is 0 Å². The number of para-hydroxylation sites is 2. The van der Waals surface area contributed by atoms with Crippen LogP contribution in [-0.4, -0.2) is 27.2 Å². The fourth-order valence-corrected chi connectivity index (χ4v) is 4.57. The molecule has 0 radical (unpaired) electrons. The van der Waals surface area contributed by atoms with Crippen LogP contribution < -0.4 is 4.90 Å². The van der Waals surface area contributed by atoms with Gasteiger partial charge in [-0.05, 0) is 38.0 Å². The molecule has 0 aliphatic carbocycles. The molecule has 0 unspecified atom stereocenters. The van der Waals surface area contributed by atoms with Crippen LogP contribution >= 0.6 is 11.8 Å². The molecule has 2 aromatic carbocycles. The van der Waals surface area contributed by atoms with Gasteiger partial charge in [0.05, 0.1) is 10.8 Å². The number of carbonyl (C=O) groups is 1. The Balaban J connectivity index is 1.67. The average Bonchev–Trinajstić information content (AvgIpc) is 3.02. The Morgan fingerprint density at radius 3 is 2.59 bits per heavy atom. The zero-order chi connectivity index (χ0) is 20.8. The lowest BCUT2D eigenvalue weighted by Gasteiger charge is -2.26. The summed E-state index contributed by atoms with van der Waals surface area (Å²) in [5.41, 5.74) is 2.16. The number of alkyl halides is 3. The molecule has 0 N–H and O–H groups in total. The van der Waals surface area contributed by atoms with E-state index < -0.39 is 17.3 Å². The van der Waals surface area contributed by atoms with Crippen LogP contribution in [0.15, 0.2) is 53.6 Å². The Morgan fingerprint density at radius 1 is 1.14 bits per heavy atom. The van der Waals surface area contributed by atoms with Crippen molar-refractivity contribution in [3.05, 3.63) is 59.9 Å². The molecular weight excluding hydrogens is 399 g/mol. The summed E-state index contributed by atoms with van der Waals surface area (Å²) in [6, 6.07) is 14.2. The highest BCUT2D eigenvalue weighted by Crippen LogP contribution is 2.37. The van der Waals surface area contributed by atoms with E-state index in [1.165, 1.54) is 6.07 Å². The number of thioether (sulfide) groups is 1. The number of hydrogen-bond acceptors (Lipinski definition) is 4. The van der Waals surface area contributed by atoms with Crippen molar-refractivity contribution in [2.75, 3.05) is 4.90 Å². The molecule has 1 aliphatic rings. The highest BCUT2D eigenvalue weighted by Gasteiger charge is 2.37. The van der Waals surface area contributed by atoms with Crippen molar-refractivity contribution in [3.8, 4) is 0 Å². The second kappa shape index (κ2) is 7.33. The van der Waals surface area contributed by atoms with E-state index in [9.17, 15) is 18.0 Å². The fraction of sp³-hybridized carbons (Fsp3) is 0.286. The SMILES string of the molecule is C[C@H](Sc1nc(C(F)(F)F)nc2ccccc12)C(=O)N1c2ccccc2C[C@@H]1C. The number of carbonyl (C=O) groups excluding carboxylic acids is 1. The normalized spacial score (nSPS) is 17.4. The standard InChI is InChI=1S/C21H18F3N3OS/c1-12-11-14-7-3-6-10-17(14)27(12)19(28)13(2)29-18-15-8-4-5-9-16(15)25-20(26-18)21(22,23)24/h3-10,12-13H,11H2,1-2H3/t12-,13-/m0/s1. The Hall–Kier alpha value is -2.61. The van der Waals surface area contributed by atoms with E-state index in [0.717, 1.165) is 29.4 Å². The lowest BCUT2D eigenvalue weighted by atomic mass is 10.1. The van der Waals surface area contributed by atoms with Gasteiger partial charge in [-0.1, -0.05) is 48.2 Å². The molecular formula is C21H18F3N3OS. The molecule has 2 heterocycles. The summed E-state index contributed by atoms with van der Waals surface area (Å²) in [5.74, 6) is -1.35. The van der Waals surface area contributed by atoms with E-state index in [4.69, 9.17) is 0 Å². The molecule has 0 saturated carbocycles. The molecule has 3 aromatic rings. The average molecular weight is 417 g/mol. The van der Waals surface area contributed by atoms with Crippen LogP contribution in [0.5, 0.6) is 0 Å². The Morgan fingerprint density at radius 2 is 1.83 bits per heavy atom. The Kier molecular flexibility index (Phi) is 4.98. The number of rotatable bonds is 3. The van der Waals surface area contributed by atoms with Gasteiger partial charge >= 0.3 is 6.18 Å². The van der Waals surface area contributed by atoms with Crippen molar-refractivity contribution in [2.24, 2.45) is 0 Å². The highest BCUT2D eigenvalue weighted by molar-refractivity contribution is 8.00. The summed E-state index contributed by atoms with van der Waals surface area (Å²) >= 11 is 1.03. The maximum absolute atomic E-state index is 13.2. The number of fused-ring (bicyclic) bond motifs is 2. The molecule has 150 valence electrons. The molecule has 0 fully saturated rings. The van der Waals surface area contributed by atoms with Gasteiger partial charge in [-0.3, -0.25) is 4.79 Å². The third-order valence-electron chi connectivity index (χ3n) is 4.90. The van der Waals surface area contributed by atoms with E-state index >= 15 is 0 Å². The number of halogens is 3. The maximum atomic E-state index is 13.2. The van der Waals surface area contributed by atoms with Gasteiger partial charge in [-0.25, -0.2) is 9.97 Å². The zero-order valence-electron chi connectivity index (χ0n) is 15.8. The molecule has 8 heteroatoms. The first-order valence-electron chi connectivity index (χ1n) is 9.17. The van der Waals surface area contributed by atoms with Crippen LogP contribution in [-0.2, 0) is 17.4 Å². The second-order valence-electron chi connectivity index (χ2n) is 7.02. The quantitative estimate of drug-likeness (QED) is 0.439. The number of benzene rings is 2. The molecule has 1 amide bonds. The molecule has 0 saturated heterocycles. The van der Waals surface area contributed by atoms with Crippen molar-refractivity contribution >= 4 is 34.3 Å². The van der Waals surface area contributed by atoms with Gasteiger partial charge in [0.15, 0.2) is 0 Å². The first-order valence-corrected chi connectivity index (χ1v) is 10.1. The van der Waals surface area contributed by atoms with Crippen LogP contribution in [0, 0.1) is 0 Å². The molecule has 1 aromatic heterocycles. The van der Waals surface area contributed by atoms with E-state index in [1.807, 2.05) is 31.2 Å².